The van der Waals surface area contributed by atoms with Crippen LogP contribution in [0, 0.1) is 0 Å². The Kier molecular flexibility index (Phi) is 2.91. The number of aryl methyl sites for hydroxylation is 1. The number of nitrogens with one attached hydrogen (secondary N) is 1. The molecule has 3 heterocycles. The van der Waals surface area contributed by atoms with Crippen molar-refractivity contribution in [2.75, 3.05) is 0 Å². The molecule has 0 fully saturated rings. The molecule has 0 aliphatic carbocycles. The molecule has 0 amide bonds. The van der Waals surface area contributed by atoms with Crippen molar-refractivity contribution in [3.05, 3.63) is 50.9 Å². The van der Waals surface area contributed by atoms with Gasteiger partial charge in [-0.15, -0.1) is 0 Å². The number of aromatic nitrogens is 5. The van der Waals surface area contributed by atoms with Crippen LogP contribution in [0.3, 0.4) is 0 Å². The fourth-order valence-electron chi connectivity index (χ4n) is 2.17. The number of carbonyl (C=O) groups is 1. The minimum Gasteiger partial charge on any atom is -0.478 e. The first-order valence-corrected chi connectivity index (χ1v) is 6.31. The summed E-state index contributed by atoms with van der Waals surface area (Å²) in [6, 6.07) is 2.99. The van der Waals surface area contributed by atoms with E-state index in [-0.39, 0.29) is 22.7 Å². The Hall–Kier alpha value is -3.23. The van der Waals surface area contributed by atoms with E-state index in [9.17, 15) is 14.4 Å². The lowest BCUT2D eigenvalue weighted by molar-refractivity contribution is -0.603. The van der Waals surface area contributed by atoms with Crippen molar-refractivity contribution in [2.24, 2.45) is 14.1 Å². The molecule has 0 aromatic carbocycles. The van der Waals surface area contributed by atoms with Crippen LogP contribution in [0.1, 0.15) is 10.4 Å². The first-order valence-electron chi connectivity index (χ1n) is 6.31. The quantitative estimate of drug-likeness (QED) is 0.585. The topological polar surface area (TPSA) is 114 Å². The van der Waals surface area contributed by atoms with Crippen LogP contribution in [-0.2, 0) is 14.1 Å². The third-order valence-electron chi connectivity index (χ3n) is 3.37. The van der Waals surface area contributed by atoms with E-state index in [2.05, 4.69) is 9.97 Å². The molecule has 9 heteroatoms. The Morgan fingerprint density at radius 3 is 2.73 bits per heavy atom. The number of carboxylic acid groups (broad SMARTS) is 1. The summed E-state index contributed by atoms with van der Waals surface area (Å²) in [5, 5.41) is 9.01. The number of aromatic carboxylic acids is 1. The van der Waals surface area contributed by atoms with Crippen molar-refractivity contribution >= 4 is 17.1 Å². The summed E-state index contributed by atoms with van der Waals surface area (Å²) in [7, 11) is 2.88. The first kappa shape index (κ1) is 13.7. The lowest BCUT2D eigenvalue weighted by atomic mass is 10.3. The highest BCUT2D eigenvalue weighted by Crippen LogP contribution is 2.04. The van der Waals surface area contributed by atoms with E-state index >= 15 is 0 Å². The van der Waals surface area contributed by atoms with Gasteiger partial charge in [0, 0.05) is 14.1 Å². The van der Waals surface area contributed by atoms with Gasteiger partial charge in [-0.2, -0.15) is 0 Å². The van der Waals surface area contributed by atoms with Gasteiger partial charge in [0.2, 0.25) is 5.52 Å². The maximum atomic E-state index is 12.1. The SMILES string of the molecule is Cn1c(=O)c2[nH]c(-[n+]3cccc(C(=O)O)c3)nc2n(C)c1=O. The zero-order valence-corrected chi connectivity index (χ0v) is 11.8. The van der Waals surface area contributed by atoms with Gasteiger partial charge in [-0.1, -0.05) is 0 Å². The maximum absolute atomic E-state index is 12.1. The number of carboxylic acids is 1. The highest BCUT2D eigenvalue weighted by molar-refractivity contribution is 5.86. The molecule has 112 valence electrons. The predicted molar refractivity (Wildman–Crippen MR) is 75.1 cm³/mol. The largest absolute Gasteiger partial charge is 0.478 e. The molecule has 2 N–H and O–H groups in total. The summed E-state index contributed by atoms with van der Waals surface area (Å²) in [6.45, 7) is 0. The lowest BCUT2D eigenvalue weighted by Crippen LogP contribution is -2.36. The number of aromatic amines is 1. The second kappa shape index (κ2) is 4.65. The standard InChI is InChI=1S/C13H11N5O4/c1-16-9-8(10(19)17(2)13(16)22)14-12(15-9)18-5-3-4-7(6-18)11(20)21/h3-6H,1-2H3,(H-,14,15,19,20,21)/p+1. The summed E-state index contributed by atoms with van der Waals surface area (Å²) >= 11 is 0. The monoisotopic (exact) mass is 302 g/mol. The number of pyridine rings is 1. The molecule has 0 aliphatic rings. The second-order valence-corrected chi connectivity index (χ2v) is 4.77. The molecule has 0 bridgehead atoms. The van der Waals surface area contributed by atoms with Crippen molar-refractivity contribution < 1.29 is 14.5 Å². The molecule has 0 unspecified atom stereocenters. The number of nitrogens with zero attached hydrogens (tertiary/aromatic N) is 4. The van der Waals surface area contributed by atoms with E-state index in [0.717, 1.165) is 4.57 Å². The van der Waals surface area contributed by atoms with Gasteiger partial charge in [0.05, 0.1) is 18.0 Å². The second-order valence-electron chi connectivity index (χ2n) is 4.77. The van der Waals surface area contributed by atoms with Crippen LogP contribution < -0.4 is 15.8 Å². The molecule has 0 aliphatic heterocycles. The number of rotatable bonds is 2. The van der Waals surface area contributed by atoms with Crippen molar-refractivity contribution in [1.29, 1.82) is 0 Å². The molecular formula is C13H12N5O4+. The van der Waals surface area contributed by atoms with Crippen LogP contribution in [0.4, 0.5) is 0 Å². The van der Waals surface area contributed by atoms with E-state index in [1.54, 1.807) is 12.3 Å². The minimum atomic E-state index is -1.08. The Morgan fingerprint density at radius 2 is 2.05 bits per heavy atom. The van der Waals surface area contributed by atoms with Crippen molar-refractivity contribution in [2.45, 2.75) is 0 Å². The molecule has 0 radical (unpaired) electrons. The predicted octanol–water partition coefficient (Wildman–Crippen LogP) is -1.06. The number of H-pyrrole nitrogens is 1. The van der Waals surface area contributed by atoms with Gasteiger partial charge in [-0.3, -0.25) is 13.9 Å². The average molecular weight is 302 g/mol. The summed E-state index contributed by atoms with van der Waals surface area (Å²) in [4.78, 5) is 42.0. The smallest absolute Gasteiger partial charge is 0.403 e. The van der Waals surface area contributed by atoms with Gasteiger partial charge in [0.1, 0.15) is 0 Å². The number of hydrogen-bond acceptors (Lipinski definition) is 4. The van der Waals surface area contributed by atoms with E-state index < -0.39 is 17.2 Å². The van der Waals surface area contributed by atoms with Gasteiger partial charge in [0.25, 0.3) is 11.2 Å². The highest BCUT2D eigenvalue weighted by Gasteiger charge is 2.21. The Balaban J connectivity index is 2.30. The van der Waals surface area contributed by atoms with Gasteiger partial charge in [-0.25, -0.2) is 19.1 Å². The van der Waals surface area contributed by atoms with Crippen molar-refractivity contribution in [1.82, 2.24) is 19.1 Å². The fraction of sp³-hybridized carbons (Fsp3) is 0.154. The van der Waals surface area contributed by atoms with Crippen LogP contribution in [0.2, 0.25) is 0 Å². The summed E-state index contributed by atoms with van der Waals surface area (Å²) in [5.41, 5.74) is -0.527. The molecular weight excluding hydrogens is 290 g/mol. The van der Waals surface area contributed by atoms with E-state index in [4.69, 9.17) is 5.11 Å². The molecule has 3 aromatic rings. The van der Waals surface area contributed by atoms with E-state index in [1.165, 1.54) is 35.5 Å². The van der Waals surface area contributed by atoms with Crippen LogP contribution in [0.15, 0.2) is 34.1 Å². The van der Waals surface area contributed by atoms with Gasteiger partial charge < -0.3 is 5.11 Å². The van der Waals surface area contributed by atoms with Gasteiger partial charge in [0.15, 0.2) is 0 Å². The van der Waals surface area contributed by atoms with Crippen LogP contribution in [0.25, 0.3) is 17.1 Å². The molecule has 0 spiro atoms. The molecule has 0 saturated heterocycles. The molecule has 22 heavy (non-hydrogen) atoms. The zero-order chi connectivity index (χ0) is 16.0. The summed E-state index contributed by atoms with van der Waals surface area (Å²) in [5.74, 6) is -0.829. The molecule has 3 rings (SSSR count). The van der Waals surface area contributed by atoms with Crippen LogP contribution in [-0.4, -0.2) is 30.2 Å². The Labute approximate surface area is 122 Å². The highest BCUT2D eigenvalue weighted by atomic mass is 16.4. The van der Waals surface area contributed by atoms with Crippen LogP contribution >= 0.6 is 0 Å². The fourth-order valence-corrected chi connectivity index (χ4v) is 2.17. The van der Waals surface area contributed by atoms with Gasteiger partial charge in [-0.05, 0) is 17.1 Å². The summed E-state index contributed by atoms with van der Waals surface area (Å²) in [6.07, 6.45) is 2.95. The number of fused-ring (bicyclic) bond motifs is 1. The normalized spacial score (nSPS) is 11.0. The lowest BCUT2D eigenvalue weighted by Gasteiger charge is -1.98. The maximum Gasteiger partial charge on any atom is 0.403 e. The summed E-state index contributed by atoms with van der Waals surface area (Å²) < 4.78 is 3.66. The number of imidazole rings is 1. The Bertz CT molecular complexity index is 1030. The Morgan fingerprint density at radius 1 is 1.32 bits per heavy atom. The molecule has 0 atom stereocenters. The van der Waals surface area contributed by atoms with Gasteiger partial charge >= 0.3 is 17.6 Å². The molecule has 9 nitrogen and oxygen atoms in total. The zero-order valence-electron chi connectivity index (χ0n) is 11.8. The third kappa shape index (κ3) is 1.91. The average Bonchev–Trinajstić information content (AvgIpc) is 2.96. The van der Waals surface area contributed by atoms with E-state index in [0.29, 0.717) is 0 Å². The van der Waals surface area contributed by atoms with Crippen molar-refractivity contribution in [3.8, 4) is 5.95 Å². The number of hydrogen-bond donors (Lipinski definition) is 2. The molecule has 3 aromatic heterocycles. The minimum absolute atomic E-state index is 0.0738. The van der Waals surface area contributed by atoms with Crippen molar-refractivity contribution in [3.63, 3.8) is 0 Å². The third-order valence-corrected chi connectivity index (χ3v) is 3.37. The van der Waals surface area contributed by atoms with Crippen LogP contribution in [0.5, 0.6) is 0 Å². The van der Waals surface area contributed by atoms with E-state index in [1.807, 2.05) is 0 Å². The first-order chi connectivity index (χ1) is 10.4. The molecule has 0 saturated carbocycles.